The number of sulfone groups is 1. The zero-order valence-corrected chi connectivity index (χ0v) is 18.4. The molecule has 4 rings (SSSR count). The van der Waals surface area contributed by atoms with E-state index in [1.807, 2.05) is 0 Å². The van der Waals surface area contributed by atoms with Crippen LogP contribution in [0.15, 0.2) is 71.6 Å². The van der Waals surface area contributed by atoms with Gasteiger partial charge in [0.1, 0.15) is 11.5 Å². The van der Waals surface area contributed by atoms with Crippen molar-refractivity contribution in [1.82, 2.24) is 9.88 Å². The summed E-state index contributed by atoms with van der Waals surface area (Å²) in [6.45, 7) is 0.107. The van der Waals surface area contributed by atoms with Crippen LogP contribution in [0.5, 0.6) is 0 Å². The average Bonchev–Trinajstić information content (AvgIpc) is 3.17. The fourth-order valence-electron chi connectivity index (χ4n) is 3.99. The molecule has 1 amide bonds. The number of hydrogen-bond acceptors (Lipinski definition) is 4. The van der Waals surface area contributed by atoms with Gasteiger partial charge in [0.25, 0.3) is 5.91 Å². The number of rotatable bonds is 7. The van der Waals surface area contributed by atoms with E-state index in [0.717, 1.165) is 24.6 Å². The molecule has 0 fully saturated rings. The minimum absolute atomic E-state index is 0.0554. The van der Waals surface area contributed by atoms with Gasteiger partial charge in [0, 0.05) is 29.1 Å². The maximum absolute atomic E-state index is 13.1. The van der Waals surface area contributed by atoms with Crippen LogP contribution in [0, 0.1) is 5.41 Å². The van der Waals surface area contributed by atoms with E-state index in [9.17, 15) is 13.2 Å². The van der Waals surface area contributed by atoms with Crippen molar-refractivity contribution in [3.05, 3.63) is 78.0 Å². The van der Waals surface area contributed by atoms with Crippen LogP contribution in [0.2, 0.25) is 0 Å². The maximum atomic E-state index is 13.1. The van der Waals surface area contributed by atoms with Crippen molar-refractivity contribution in [2.45, 2.75) is 36.7 Å². The highest BCUT2D eigenvalue weighted by molar-refractivity contribution is 7.91. The molecule has 2 aromatic carbocycles. The normalized spacial score (nSPS) is 16.2. The van der Waals surface area contributed by atoms with Gasteiger partial charge in [0.05, 0.1) is 10.6 Å². The van der Waals surface area contributed by atoms with Crippen molar-refractivity contribution in [3.63, 3.8) is 0 Å². The lowest BCUT2D eigenvalue weighted by molar-refractivity contribution is 0.0926. The average molecular weight is 451 g/mol. The number of amides is 1. The molecule has 0 saturated carbocycles. The third kappa shape index (κ3) is 4.60. The molecule has 0 bridgehead atoms. The summed E-state index contributed by atoms with van der Waals surface area (Å²) in [5.74, 6) is -0.475. The Balaban J connectivity index is 1.69. The lowest BCUT2D eigenvalue weighted by Gasteiger charge is -2.20. The molecule has 7 nitrogen and oxygen atoms in total. The summed E-state index contributed by atoms with van der Waals surface area (Å²) >= 11 is 0. The quantitative estimate of drug-likeness (QED) is 0.291. The second-order valence-electron chi connectivity index (χ2n) is 7.96. The number of amidine groups is 1. The van der Waals surface area contributed by atoms with Crippen molar-refractivity contribution in [3.8, 4) is 0 Å². The molecule has 1 aromatic heterocycles. The number of benzene rings is 2. The van der Waals surface area contributed by atoms with Crippen LogP contribution in [0.25, 0.3) is 10.9 Å². The molecule has 0 unspecified atom stereocenters. The summed E-state index contributed by atoms with van der Waals surface area (Å²) in [7, 11) is -3.53. The number of hydrogen-bond donors (Lipinski definition) is 3. The summed E-state index contributed by atoms with van der Waals surface area (Å²) in [4.78, 5) is 13.4. The van der Waals surface area contributed by atoms with Gasteiger partial charge in [-0.15, -0.1) is 0 Å². The molecule has 0 aliphatic heterocycles. The molecule has 4 N–H and O–H groups in total. The first-order valence-corrected chi connectivity index (χ1v) is 12.2. The van der Waals surface area contributed by atoms with Crippen LogP contribution in [-0.4, -0.2) is 36.5 Å². The summed E-state index contributed by atoms with van der Waals surface area (Å²) < 4.78 is 27.4. The first kappa shape index (κ1) is 21.8. The van der Waals surface area contributed by atoms with Gasteiger partial charge < -0.3 is 15.6 Å². The molecule has 0 saturated heterocycles. The molecule has 0 radical (unpaired) electrons. The highest BCUT2D eigenvalue weighted by Gasteiger charge is 2.22. The number of carbonyl (C=O) groups excluding carboxylic acids is 1. The van der Waals surface area contributed by atoms with Crippen molar-refractivity contribution in [2.24, 2.45) is 5.73 Å². The predicted molar refractivity (Wildman–Crippen MR) is 126 cm³/mol. The van der Waals surface area contributed by atoms with Crippen LogP contribution in [-0.2, 0) is 16.4 Å². The van der Waals surface area contributed by atoms with E-state index in [1.165, 1.54) is 0 Å². The molecule has 0 spiro atoms. The monoisotopic (exact) mass is 450 g/mol. The van der Waals surface area contributed by atoms with Crippen molar-refractivity contribution in [1.29, 1.82) is 5.41 Å². The van der Waals surface area contributed by atoms with E-state index >= 15 is 0 Å². The molecule has 32 heavy (non-hydrogen) atoms. The molecule has 8 heteroatoms. The first-order valence-electron chi connectivity index (χ1n) is 10.6. The largest absolute Gasteiger partial charge is 0.384 e. The van der Waals surface area contributed by atoms with Crippen LogP contribution >= 0.6 is 0 Å². The molecular formula is C24H26N4O3S. The standard InChI is InChI=1S/C24H26N4O3S/c25-23(26)18-12-11-17-15-22(24(29)27-19-7-3-1-4-8-19)28(21(17)16-18)13-14-32(30,31)20-9-5-2-6-10-20/h1-3,5-6,9-12,15-16,19H,4,7-8,13-14H2,(H3,25,26)(H,27,29)/t19-/m1/s1. The summed E-state index contributed by atoms with van der Waals surface area (Å²) in [6.07, 6.45) is 6.75. The Labute approximate surface area is 187 Å². The van der Waals surface area contributed by atoms with Gasteiger partial charge in [-0.2, -0.15) is 0 Å². The van der Waals surface area contributed by atoms with Crippen LogP contribution in [0.3, 0.4) is 0 Å². The summed E-state index contributed by atoms with van der Waals surface area (Å²) in [6, 6.07) is 15.4. The lowest BCUT2D eigenvalue weighted by Crippen LogP contribution is -2.36. The predicted octanol–water partition coefficient (Wildman–Crippen LogP) is 3.24. The van der Waals surface area contributed by atoms with Gasteiger partial charge in [0.15, 0.2) is 9.84 Å². The van der Waals surface area contributed by atoms with Crippen LogP contribution in [0.1, 0.15) is 35.3 Å². The van der Waals surface area contributed by atoms with E-state index in [2.05, 4.69) is 17.5 Å². The Morgan fingerprint density at radius 3 is 2.59 bits per heavy atom. The lowest BCUT2D eigenvalue weighted by atomic mass is 10.0. The SMILES string of the molecule is N=C(N)c1ccc2cc(C(=O)N[C@@H]3CC=CCC3)n(CCS(=O)(=O)c3ccccc3)c2c1. The Hall–Kier alpha value is -3.39. The minimum atomic E-state index is -3.53. The van der Waals surface area contributed by atoms with E-state index < -0.39 is 9.84 Å². The Bertz CT molecular complexity index is 1290. The Morgan fingerprint density at radius 1 is 1.12 bits per heavy atom. The first-order chi connectivity index (χ1) is 15.3. The van der Waals surface area contributed by atoms with Gasteiger partial charge in [0.2, 0.25) is 0 Å². The summed E-state index contributed by atoms with van der Waals surface area (Å²) in [5.41, 5.74) is 7.25. The topological polar surface area (TPSA) is 118 Å². The second-order valence-corrected chi connectivity index (χ2v) is 10.1. The van der Waals surface area contributed by atoms with Crippen molar-refractivity contribution < 1.29 is 13.2 Å². The number of aromatic nitrogens is 1. The highest BCUT2D eigenvalue weighted by atomic mass is 32.2. The van der Waals surface area contributed by atoms with Gasteiger partial charge in [-0.3, -0.25) is 10.2 Å². The number of carbonyl (C=O) groups is 1. The number of fused-ring (bicyclic) bond motifs is 1. The number of aryl methyl sites for hydroxylation is 1. The number of nitrogens with one attached hydrogen (secondary N) is 2. The van der Waals surface area contributed by atoms with Crippen molar-refractivity contribution >= 4 is 32.5 Å². The van der Waals surface area contributed by atoms with Gasteiger partial charge in [-0.05, 0) is 43.5 Å². The molecule has 1 atom stereocenters. The van der Waals surface area contributed by atoms with E-state index in [4.69, 9.17) is 11.1 Å². The summed E-state index contributed by atoms with van der Waals surface area (Å²) in [5, 5.41) is 11.6. The molecule has 166 valence electrons. The molecular weight excluding hydrogens is 424 g/mol. The van der Waals surface area contributed by atoms with Crippen LogP contribution < -0.4 is 11.1 Å². The van der Waals surface area contributed by atoms with Gasteiger partial charge >= 0.3 is 0 Å². The van der Waals surface area contributed by atoms with Crippen LogP contribution in [0.4, 0.5) is 0 Å². The molecule has 1 aliphatic carbocycles. The highest BCUT2D eigenvalue weighted by Crippen LogP contribution is 2.23. The van der Waals surface area contributed by atoms with E-state index in [1.54, 1.807) is 59.2 Å². The second kappa shape index (κ2) is 9.00. The third-order valence-corrected chi connectivity index (χ3v) is 7.45. The van der Waals surface area contributed by atoms with E-state index in [0.29, 0.717) is 16.8 Å². The van der Waals surface area contributed by atoms with Gasteiger partial charge in [-0.1, -0.05) is 42.5 Å². The number of nitrogens with two attached hydrogens (primary N) is 1. The Morgan fingerprint density at radius 2 is 1.91 bits per heavy atom. The van der Waals surface area contributed by atoms with E-state index in [-0.39, 0.29) is 35.0 Å². The Kier molecular flexibility index (Phi) is 6.14. The fraction of sp³-hybridized carbons (Fsp3) is 0.250. The third-order valence-electron chi connectivity index (χ3n) is 5.74. The molecule has 3 aromatic rings. The zero-order valence-electron chi connectivity index (χ0n) is 17.6. The van der Waals surface area contributed by atoms with Gasteiger partial charge in [-0.25, -0.2) is 8.42 Å². The maximum Gasteiger partial charge on any atom is 0.268 e. The molecule has 1 aliphatic rings. The number of allylic oxidation sites excluding steroid dienone is 1. The van der Waals surface area contributed by atoms with Crippen molar-refractivity contribution in [2.75, 3.05) is 5.75 Å². The minimum Gasteiger partial charge on any atom is -0.384 e. The fourth-order valence-corrected chi connectivity index (χ4v) is 5.22. The number of nitrogen functional groups attached to an aromatic ring is 1. The smallest absolute Gasteiger partial charge is 0.268 e. The number of nitrogens with zero attached hydrogens (tertiary/aromatic N) is 1. The molecule has 1 heterocycles. The zero-order chi connectivity index (χ0) is 22.7.